The van der Waals surface area contributed by atoms with E-state index in [-0.39, 0.29) is 17.9 Å². The monoisotopic (exact) mass is 277 g/mol. The SMILES string of the molecule is COc1ccccc1CCC(=O)NCC1(CCO)CC1. The standard InChI is InChI=1S/C16H23NO3/c1-20-14-5-3-2-4-13(14)6-7-15(19)17-12-16(8-9-16)10-11-18/h2-5,18H,6-12H2,1H3,(H,17,19). The van der Waals surface area contributed by atoms with Gasteiger partial charge < -0.3 is 15.2 Å². The molecule has 1 saturated carbocycles. The third-order valence-electron chi connectivity index (χ3n) is 4.07. The van der Waals surface area contributed by atoms with Crippen molar-refractivity contribution in [3.63, 3.8) is 0 Å². The van der Waals surface area contributed by atoms with Gasteiger partial charge in [0.05, 0.1) is 7.11 Å². The number of ether oxygens (including phenoxy) is 1. The highest BCUT2D eigenvalue weighted by Crippen LogP contribution is 2.47. The Labute approximate surface area is 120 Å². The lowest BCUT2D eigenvalue weighted by atomic mass is 10.0. The summed E-state index contributed by atoms with van der Waals surface area (Å²) < 4.78 is 5.27. The van der Waals surface area contributed by atoms with Crippen LogP contribution in [-0.4, -0.2) is 31.3 Å². The maximum Gasteiger partial charge on any atom is 0.220 e. The number of carbonyl (C=O) groups excluding carboxylic acids is 1. The third kappa shape index (κ3) is 3.97. The Hall–Kier alpha value is -1.55. The van der Waals surface area contributed by atoms with E-state index < -0.39 is 0 Å². The van der Waals surface area contributed by atoms with Gasteiger partial charge >= 0.3 is 0 Å². The van der Waals surface area contributed by atoms with Gasteiger partial charge in [0.25, 0.3) is 0 Å². The van der Waals surface area contributed by atoms with E-state index in [2.05, 4.69) is 5.32 Å². The molecule has 2 rings (SSSR count). The first-order valence-corrected chi connectivity index (χ1v) is 7.18. The number of aliphatic hydroxyl groups is 1. The molecule has 1 aromatic carbocycles. The van der Waals surface area contributed by atoms with E-state index in [1.165, 1.54) is 0 Å². The lowest BCUT2D eigenvalue weighted by Crippen LogP contribution is -2.30. The minimum atomic E-state index is 0.0696. The van der Waals surface area contributed by atoms with E-state index in [1.807, 2.05) is 24.3 Å². The molecule has 1 fully saturated rings. The Bertz CT molecular complexity index is 455. The van der Waals surface area contributed by atoms with Crippen molar-refractivity contribution in [1.29, 1.82) is 0 Å². The van der Waals surface area contributed by atoms with Crippen molar-refractivity contribution in [3.8, 4) is 5.75 Å². The zero-order valence-corrected chi connectivity index (χ0v) is 12.0. The van der Waals surface area contributed by atoms with Crippen molar-refractivity contribution in [3.05, 3.63) is 29.8 Å². The van der Waals surface area contributed by atoms with Gasteiger partial charge in [-0.1, -0.05) is 18.2 Å². The normalized spacial score (nSPS) is 15.7. The number of carbonyl (C=O) groups is 1. The Balaban J connectivity index is 1.75. The average molecular weight is 277 g/mol. The highest BCUT2D eigenvalue weighted by Gasteiger charge is 2.41. The maximum absolute atomic E-state index is 11.9. The van der Waals surface area contributed by atoms with Gasteiger partial charge in [0.1, 0.15) is 5.75 Å². The summed E-state index contributed by atoms with van der Waals surface area (Å²) in [4.78, 5) is 11.9. The molecule has 0 aromatic heterocycles. The summed E-state index contributed by atoms with van der Waals surface area (Å²) in [5, 5.41) is 12.0. The molecule has 1 aromatic rings. The minimum Gasteiger partial charge on any atom is -0.496 e. The fraction of sp³-hybridized carbons (Fsp3) is 0.562. The average Bonchev–Trinajstić information content (AvgIpc) is 3.24. The van der Waals surface area contributed by atoms with E-state index >= 15 is 0 Å². The number of para-hydroxylation sites is 1. The van der Waals surface area contributed by atoms with E-state index in [0.29, 0.717) is 19.4 Å². The van der Waals surface area contributed by atoms with Crippen LogP contribution in [0.3, 0.4) is 0 Å². The van der Waals surface area contributed by atoms with Gasteiger partial charge in [-0.3, -0.25) is 4.79 Å². The summed E-state index contributed by atoms with van der Waals surface area (Å²) in [6.45, 7) is 0.898. The smallest absolute Gasteiger partial charge is 0.220 e. The number of rotatable bonds is 8. The molecule has 0 bridgehead atoms. The highest BCUT2D eigenvalue weighted by molar-refractivity contribution is 5.76. The third-order valence-corrected chi connectivity index (χ3v) is 4.07. The first-order chi connectivity index (χ1) is 9.69. The quantitative estimate of drug-likeness (QED) is 0.763. The van der Waals surface area contributed by atoms with Crippen LogP contribution in [0.4, 0.5) is 0 Å². The molecule has 1 amide bonds. The van der Waals surface area contributed by atoms with Crippen LogP contribution in [0.25, 0.3) is 0 Å². The molecule has 0 saturated heterocycles. The molecule has 0 unspecified atom stereocenters. The molecule has 0 radical (unpaired) electrons. The summed E-state index contributed by atoms with van der Waals surface area (Å²) in [6.07, 6.45) is 4.17. The molecule has 0 heterocycles. The molecule has 4 heteroatoms. The minimum absolute atomic E-state index is 0.0696. The highest BCUT2D eigenvalue weighted by atomic mass is 16.5. The van der Waals surface area contributed by atoms with Crippen molar-refractivity contribution >= 4 is 5.91 Å². The second-order valence-electron chi connectivity index (χ2n) is 5.56. The van der Waals surface area contributed by atoms with Crippen LogP contribution < -0.4 is 10.1 Å². The van der Waals surface area contributed by atoms with Crippen molar-refractivity contribution in [2.45, 2.75) is 32.1 Å². The molecule has 1 aliphatic rings. The molecule has 4 nitrogen and oxygen atoms in total. The summed E-state index contributed by atoms with van der Waals surface area (Å²) in [5.74, 6) is 0.902. The summed E-state index contributed by atoms with van der Waals surface area (Å²) in [6, 6.07) is 7.78. The van der Waals surface area contributed by atoms with Crippen molar-refractivity contribution in [1.82, 2.24) is 5.32 Å². The summed E-state index contributed by atoms with van der Waals surface area (Å²) in [5.41, 5.74) is 1.23. The zero-order chi connectivity index (χ0) is 14.4. The molecule has 1 aliphatic carbocycles. The lowest BCUT2D eigenvalue weighted by Gasteiger charge is -2.14. The van der Waals surface area contributed by atoms with E-state index in [4.69, 9.17) is 9.84 Å². The van der Waals surface area contributed by atoms with Gasteiger partial charge in [-0.2, -0.15) is 0 Å². The van der Waals surface area contributed by atoms with Gasteiger partial charge in [0.15, 0.2) is 0 Å². The van der Waals surface area contributed by atoms with Crippen LogP contribution in [0.5, 0.6) is 5.75 Å². The number of hydrogen-bond donors (Lipinski definition) is 2. The zero-order valence-electron chi connectivity index (χ0n) is 12.0. The van der Waals surface area contributed by atoms with Gasteiger partial charge in [-0.05, 0) is 42.7 Å². The lowest BCUT2D eigenvalue weighted by molar-refractivity contribution is -0.121. The van der Waals surface area contributed by atoms with Crippen LogP contribution in [0, 0.1) is 5.41 Å². The predicted octanol–water partition coefficient (Wildman–Crippen LogP) is 1.91. The van der Waals surface area contributed by atoms with Gasteiger partial charge in [-0.15, -0.1) is 0 Å². The second kappa shape index (κ2) is 6.75. The van der Waals surface area contributed by atoms with Gasteiger partial charge in [0.2, 0.25) is 5.91 Å². The first-order valence-electron chi connectivity index (χ1n) is 7.18. The molecular formula is C16H23NO3. The molecule has 20 heavy (non-hydrogen) atoms. The number of aliphatic hydroxyl groups excluding tert-OH is 1. The second-order valence-corrected chi connectivity index (χ2v) is 5.56. The molecule has 0 spiro atoms. The van der Waals surface area contributed by atoms with Crippen LogP contribution in [0.2, 0.25) is 0 Å². The number of benzene rings is 1. The first kappa shape index (κ1) is 14.9. The van der Waals surface area contributed by atoms with Crippen LogP contribution >= 0.6 is 0 Å². The van der Waals surface area contributed by atoms with Crippen LogP contribution in [0.1, 0.15) is 31.2 Å². The Morgan fingerprint density at radius 3 is 2.80 bits per heavy atom. The van der Waals surface area contributed by atoms with E-state index in [1.54, 1.807) is 7.11 Å². The number of amides is 1. The summed E-state index contributed by atoms with van der Waals surface area (Å²) in [7, 11) is 1.64. The molecule has 110 valence electrons. The van der Waals surface area contributed by atoms with Crippen molar-refractivity contribution in [2.75, 3.05) is 20.3 Å². The van der Waals surface area contributed by atoms with E-state index in [0.717, 1.165) is 30.6 Å². The molecule has 2 N–H and O–H groups in total. The van der Waals surface area contributed by atoms with Crippen LogP contribution in [0.15, 0.2) is 24.3 Å². The Morgan fingerprint density at radius 1 is 1.40 bits per heavy atom. The topological polar surface area (TPSA) is 58.6 Å². The number of aryl methyl sites for hydroxylation is 1. The van der Waals surface area contributed by atoms with Crippen molar-refractivity contribution in [2.24, 2.45) is 5.41 Å². The Morgan fingerprint density at radius 2 is 2.15 bits per heavy atom. The van der Waals surface area contributed by atoms with Crippen molar-refractivity contribution < 1.29 is 14.6 Å². The predicted molar refractivity (Wildman–Crippen MR) is 77.7 cm³/mol. The number of nitrogens with one attached hydrogen (secondary N) is 1. The molecular weight excluding hydrogens is 254 g/mol. The van der Waals surface area contributed by atoms with Gasteiger partial charge in [-0.25, -0.2) is 0 Å². The number of hydrogen-bond acceptors (Lipinski definition) is 3. The largest absolute Gasteiger partial charge is 0.496 e. The molecule has 0 atom stereocenters. The fourth-order valence-electron chi connectivity index (χ4n) is 2.46. The van der Waals surface area contributed by atoms with E-state index in [9.17, 15) is 4.79 Å². The maximum atomic E-state index is 11.9. The fourth-order valence-corrected chi connectivity index (χ4v) is 2.46. The van der Waals surface area contributed by atoms with Crippen LogP contribution in [-0.2, 0) is 11.2 Å². The van der Waals surface area contributed by atoms with Gasteiger partial charge in [0, 0.05) is 19.6 Å². The summed E-state index contributed by atoms with van der Waals surface area (Å²) >= 11 is 0. The molecule has 0 aliphatic heterocycles. The Kier molecular flexibility index (Phi) is 5.01. The number of methoxy groups -OCH3 is 1.